The van der Waals surface area contributed by atoms with Crippen LogP contribution in [0.25, 0.3) is 0 Å². The van der Waals surface area contributed by atoms with E-state index in [1.165, 1.54) is 0 Å². The second-order valence-corrected chi connectivity index (χ2v) is 4.45. The van der Waals surface area contributed by atoms with Gasteiger partial charge in [-0.05, 0) is 44.4 Å². The average molecular weight is 235 g/mol. The quantitative estimate of drug-likeness (QED) is 0.871. The second kappa shape index (κ2) is 5.71. The van der Waals surface area contributed by atoms with Gasteiger partial charge in [0.05, 0.1) is 12.7 Å². The van der Waals surface area contributed by atoms with Crippen LogP contribution in [0.5, 0.6) is 5.75 Å². The van der Waals surface area contributed by atoms with Gasteiger partial charge in [-0.2, -0.15) is 0 Å². The average Bonchev–Trinajstić information content (AvgIpc) is 2.27. The number of rotatable bonds is 4. The van der Waals surface area contributed by atoms with Gasteiger partial charge in [0.15, 0.2) is 0 Å². The third-order valence-corrected chi connectivity index (χ3v) is 2.86. The van der Waals surface area contributed by atoms with Crippen LogP contribution in [-0.2, 0) is 0 Å². The summed E-state index contributed by atoms with van der Waals surface area (Å²) >= 11 is 0. The highest BCUT2D eigenvalue weighted by Crippen LogP contribution is 2.25. The molecule has 17 heavy (non-hydrogen) atoms. The number of amides is 1. The molecule has 94 valence electrons. The monoisotopic (exact) mass is 235 g/mol. The molecule has 0 saturated carbocycles. The summed E-state index contributed by atoms with van der Waals surface area (Å²) in [5.74, 6) is 0.597. The molecule has 1 atom stereocenters. The predicted molar refractivity (Wildman–Crippen MR) is 69.7 cm³/mol. The van der Waals surface area contributed by atoms with Gasteiger partial charge in [-0.3, -0.25) is 4.79 Å². The number of ether oxygens (including phenoxy) is 1. The number of benzene rings is 1. The zero-order valence-corrected chi connectivity index (χ0v) is 11.3. The molecule has 0 bridgehead atoms. The van der Waals surface area contributed by atoms with Crippen LogP contribution in [0.2, 0.25) is 0 Å². The smallest absolute Gasteiger partial charge is 0.255 e. The van der Waals surface area contributed by atoms with E-state index in [2.05, 4.69) is 5.32 Å². The molecule has 1 aromatic carbocycles. The normalized spacial score (nSPS) is 12.1. The van der Waals surface area contributed by atoms with Crippen molar-refractivity contribution in [1.82, 2.24) is 5.32 Å². The number of methoxy groups -OCH3 is 1. The van der Waals surface area contributed by atoms with Crippen LogP contribution in [-0.4, -0.2) is 19.1 Å². The summed E-state index contributed by atoms with van der Waals surface area (Å²) in [7, 11) is 1.59. The van der Waals surface area contributed by atoms with Crippen LogP contribution < -0.4 is 10.1 Å². The summed E-state index contributed by atoms with van der Waals surface area (Å²) in [6.07, 6.45) is 0.916. The van der Waals surface area contributed by atoms with Crippen molar-refractivity contribution in [3.05, 3.63) is 28.8 Å². The molecule has 3 nitrogen and oxygen atoms in total. The number of carbonyl (C=O) groups excluding carboxylic acids is 1. The van der Waals surface area contributed by atoms with Crippen molar-refractivity contribution in [3.63, 3.8) is 0 Å². The highest BCUT2D eigenvalue weighted by atomic mass is 16.5. The first-order valence-corrected chi connectivity index (χ1v) is 5.95. The lowest BCUT2D eigenvalue weighted by Crippen LogP contribution is -2.32. The van der Waals surface area contributed by atoms with E-state index >= 15 is 0 Å². The first-order valence-electron chi connectivity index (χ1n) is 5.95. The highest BCUT2D eigenvalue weighted by molar-refractivity contribution is 5.97. The fourth-order valence-corrected chi connectivity index (χ4v) is 1.80. The van der Waals surface area contributed by atoms with Crippen molar-refractivity contribution in [2.45, 2.75) is 40.2 Å². The van der Waals surface area contributed by atoms with E-state index in [1.807, 2.05) is 39.8 Å². The first kappa shape index (κ1) is 13.6. The van der Waals surface area contributed by atoms with Crippen molar-refractivity contribution in [1.29, 1.82) is 0 Å². The molecule has 0 aliphatic rings. The summed E-state index contributed by atoms with van der Waals surface area (Å²) in [5, 5.41) is 2.96. The lowest BCUT2D eigenvalue weighted by Gasteiger charge is -2.15. The van der Waals surface area contributed by atoms with E-state index < -0.39 is 0 Å². The molecule has 0 saturated heterocycles. The molecule has 0 aliphatic heterocycles. The van der Waals surface area contributed by atoms with Gasteiger partial charge in [-0.15, -0.1) is 0 Å². The van der Waals surface area contributed by atoms with Crippen molar-refractivity contribution in [2.24, 2.45) is 0 Å². The first-order chi connectivity index (χ1) is 7.99. The maximum Gasteiger partial charge on any atom is 0.255 e. The SMILES string of the molecule is CCC(C)NC(=O)c1cc(C)cc(C)c1OC. The van der Waals surface area contributed by atoms with Gasteiger partial charge >= 0.3 is 0 Å². The topological polar surface area (TPSA) is 38.3 Å². The number of aryl methyl sites for hydroxylation is 2. The fraction of sp³-hybridized carbons (Fsp3) is 0.500. The number of hydrogen-bond acceptors (Lipinski definition) is 2. The molecular formula is C14H21NO2. The molecule has 1 rings (SSSR count). The summed E-state index contributed by atoms with van der Waals surface area (Å²) in [4.78, 5) is 12.1. The zero-order valence-electron chi connectivity index (χ0n) is 11.3. The fourth-order valence-electron chi connectivity index (χ4n) is 1.80. The molecule has 0 aromatic heterocycles. The minimum atomic E-state index is -0.0667. The Morgan fingerprint density at radius 2 is 2.06 bits per heavy atom. The van der Waals surface area contributed by atoms with Crippen LogP contribution >= 0.6 is 0 Å². The van der Waals surface area contributed by atoms with Crippen LogP contribution in [0.4, 0.5) is 0 Å². The molecule has 0 radical (unpaired) electrons. The minimum Gasteiger partial charge on any atom is -0.496 e. The van der Waals surface area contributed by atoms with Gasteiger partial charge in [-0.25, -0.2) is 0 Å². The van der Waals surface area contributed by atoms with Crippen LogP contribution in [0.15, 0.2) is 12.1 Å². The van der Waals surface area contributed by atoms with Crippen molar-refractivity contribution >= 4 is 5.91 Å². The van der Waals surface area contributed by atoms with Crippen LogP contribution in [0.3, 0.4) is 0 Å². The zero-order chi connectivity index (χ0) is 13.0. The lowest BCUT2D eigenvalue weighted by molar-refractivity contribution is 0.0936. The van der Waals surface area contributed by atoms with Crippen LogP contribution in [0.1, 0.15) is 41.8 Å². The van der Waals surface area contributed by atoms with Crippen LogP contribution in [0, 0.1) is 13.8 Å². The Morgan fingerprint density at radius 3 is 2.59 bits per heavy atom. The Labute approximate surface area is 103 Å². The van der Waals surface area contributed by atoms with E-state index in [9.17, 15) is 4.79 Å². The highest BCUT2D eigenvalue weighted by Gasteiger charge is 2.16. The maximum atomic E-state index is 12.1. The predicted octanol–water partition coefficient (Wildman–Crippen LogP) is 2.84. The van der Waals surface area contributed by atoms with Crippen molar-refractivity contribution in [2.75, 3.05) is 7.11 Å². The van der Waals surface area contributed by atoms with Gasteiger partial charge < -0.3 is 10.1 Å². The molecule has 1 N–H and O–H groups in total. The lowest BCUT2D eigenvalue weighted by atomic mass is 10.0. The Balaban J connectivity index is 3.07. The second-order valence-electron chi connectivity index (χ2n) is 4.45. The van der Waals surface area contributed by atoms with E-state index in [1.54, 1.807) is 7.11 Å². The number of carbonyl (C=O) groups is 1. The standard InChI is InChI=1S/C14H21NO2/c1-6-11(4)15-14(16)12-8-9(2)7-10(3)13(12)17-5/h7-8,11H,6H2,1-5H3,(H,15,16). The molecule has 0 aliphatic carbocycles. The summed E-state index contributed by atoms with van der Waals surface area (Å²) in [6.45, 7) is 7.97. The Kier molecular flexibility index (Phi) is 4.55. The molecule has 0 fully saturated rings. The summed E-state index contributed by atoms with van der Waals surface area (Å²) in [5.41, 5.74) is 2.67. The molecule has 3 heteroatoms. The van der Waals surface area contributed by atoms with E-state index in [0.29, 0.717) is 11.3 Å². The molecule has 1 amide bonds. The molecule has 0 spiro atoms. The Morgan fingerprint density at radius 1 is 1.41 bits per heavy atom. The molecular weight excluding hydrogens is 214 g/mol. The van der Waals surface area contributed by atoms with Gasteiger partial charge in [-0.1, -0.05) is 13.0 Å². The molecule has 0 heterocycles. The third kappa shape index (κ3) is 3.22. The van der Waals surface area contributed by atoms with Crippen molar-refractivity contribution in [3.8, 4) is 5.75 Å². The van der Waals surface area contributed by atoms with Crippen molar-refractivity contribution < 1.29 is 9.53 Å². The van der Waals surface area contributed by atoms with Gasteiger partial charge in [0.2, 0.25) is 0 Å². The molecule has 1 unspecified atom stereocenters. The summed E-state index contributed by atoms with van der Waals surface area (Å²) in [6, 6.07) is 4.05. The number of hydrogen-bond donors (Lipinski definition) is 1. The maximum absolute atomic E-state index is 12.1. The van der Waals surface area contributed by atoms with E-state index in [0.717, 1.165) is 17.5 Å². The summed E-state index contributed by atoms with van der Waals surface area (Å²) < 4.78 is 5.31. The molecule has 1 aromatic rings. The van der Waals surface area contributed by atoms with E-state index in [-0.39, 0.29) is 11.9 Å². The number of nitrogens with one attached hydrogen (secondary N) is 1. The van der Waals surface area contributed by atoms with Gasteiger partial charge in [0.25, 0.3) is 5.91 Å². The minimum absolute atomic E-state index is 0.0667. The third-order valence-electron chi connectivity index (χ3n) is 2.86. The van der Waals surface area contributed by atoms with Gasteiger partial charge in [0.1, 0.15) is 5.75 Å². The Hall–Kier alpha value is -1.51. The van der Waals surface area contributed by atoms with Gasteiger partial charge in [0, 0.05) is 6.04 Å². The van der Waals surface area contributed by atoms with E-state index in [4.69, 9.17) is 4.74 Å². The largest absolute Gasteiger partial charge is 0.496 e. The Bertz CT molecular complexity index is 413.